The van der Waals surface area contributed by atoms with Crippen LogP contribution in [0.15, 0.2) is 30.3 Å². The summed E-state index contributed by atoms with van der Waals surface area (Å²) in [6.07, 6.45) is 4.14. The molecule has 78 valence electrons. The number of nitrogens with two attached hydrogens (primary N) is 1. The first kappa shape index (κ1) is 7.98. The molecule has 1 aromatic heterocycles. The fourth-order valence-electron chi connectivity index (χ4n) is 2.38. The van der Waals surface area contributed by atoms with E-state index in [2.05, 4.69) is 28.0 Å². The van der Waals surface area contributed by atoms with Gasteiger partial charge in [0.2, 0.25) is 0 Å². The molecule has 4 rings (SSSR count). The first-order valence-electron chi connectivity index (χ1n) is 5.27. The molecule has 0 spiro atoms. The molecule has 2 aromatic carbocycles. The number of anilines is 1. The number of benzene rings is 1. The highest BCUT2D eigenvalue weighted by Gasteiger charge is 2.12. The van der Waals surface area contributed by atoms with Crippen LogP contribution in [0.2, 0.25) is 0 Å². The molecule has 1 aliphatic rings. The van der Waals surface area contributed by atoms with Gasteiger partial charge < -0.3 is 5.73 Å². The van der Waals surface area contributed by atoms with Gasteiger partial charge in [-0.05, 0) is 29.7 Å². The summed E-state index contributed by atoms with van der Waals surface area (Å²) >= 11 is 0. The first-order chi connectivity index (χ1) is 7.83. The van der Waals surface area contributed by atoms with Gasteiger partial charge >= 0.3 is 0 Å². The Kier molecular flexibility index (Phi) is 1.23. The maximum atomic E-state index is 5.82. The van der Waals surface area contributed by atoms with E-state index in [0.717, 1.165) is 34.0 Å². The predicted octanol–water partition coefficient (Wildman–Crippen LogP) is 2.06. The molecule has 0 bridgehead atoms. The highest BCUT2D eigenvalue weighted by atomic mass is 15.6. The summed E-state index contributed by atoms with van der Waals surface area (Å²) in [6.45, 7) is 0.840. The third-order valence-electron chi connectivity index (χ3n) is 3.09. The highest BCUT2D eigenvalue weighted by Crippen LogP contribution is 2.29. The van der Waals surface area contributed by atoms with E-state index in [9.17, 15) is 0 Å². The van der Waals surface area contributed by atoms with Crippen LogP contribution in [0.4, 0.5) is 5.69 Å². The Hall–Kier alpha value is -2.23. The van der Waals surface area contributed by atoms with E-state index < -0.39 is 0 Å². The van der Waals surface area contributed by atoms with Crippen molar-refractivity contribution in [1.29, 1.82) is 0 Å². The Morgan fingerprint density at radius 2 is 2.19 bits per heavy atom. The third kappa shape index (κ3) is 0.821. The summed E-state index contributed by atoms with van der Waals surface area (Å²) in [5.41, 5.74) is 8.78. The van der Waals surface area contributed by atoms with Crippen molar-refractivity contribution in [3.8, 4) is 0 Å². The van der Waals surface area contributed by atoms with Crippen molar-refractivity contribution < 1.29 is 0 Å². The molecule has 0 radical (unpaired) electrons. The van der Waals surface area contributed by atoms with E-state index in [1.165, 1.54) is 0 Å². The average Bonchev–Trinajstić information content (AvgIpc) is 2.87. The molecule has 4 heteroatoms. The number of nitrogen functional groups attached to an aromatic ring is 1. The number of nitrogens with zero attached hydrogens (tertiary/aromatic N) is 3. The summed E-state index contributed by atoms with van der Waals surface area (Å²) in [5, 5.41) is 6.89. The lowest BCUT2D eigenvalue weighted by molar-refractivity contribution is 0.589. The normalized spacial score (nSPS) is 14.0. The number of allylic oxidation sites excluding steroid dienone is 1. The van der Waals surface area contributed by atoms with Crippen LogP contribution in [-0.4, -0.2) is 14.6 Å². The fourth-order valence-corrected chi connectivity index (χ4v) is 2.38. The summed E-state index contributed by atoms with van der Waals surface area (Å²) in [5.74, 6) is 0. The Bertz CT molecular complexity index is 745. The molecule has 0 unspecified atom stereocenters. The van der Waals surface area contributed by atoms with Crippen LogP contribution in [0.3, 0.4) is 0 Å². The lowest BCUT2D eigenvalue weighted by Gasteiger charge is -1.96. The first-order valence-corrected chi connectivity index (χ1v) is 5.27. The lowest BCUT2D eigenvalue weighted by atomic mass is 10.2. The molecule has 4 nitrogen and oxygen atoms in total. The van der Waals surface area contributed by atoms with Crippen molar-refractivity contribution in [3.05, 3.63) is 30.3 Å². The van der Waals surface area contributed by atoms with Crippen LogP contribution >= 0.6 is 0 Å². The van der Waals surface area contributed by atoms with Crippen LogP contribution in [-0.2, 0) is 6.54 Å². The van der Waals surface area contributed by atoms with Gasteiger partial charge in [0.15, 0.2) is 0 Å². The van der Waals surface area contributed by atoms with E-state index in [-0.39, 0.29) is 0 Å². The molecule has 16 heavy (non-hydrogen) atoms. The molecule has 2 N–H and O–H groups in total. The van der Waals surface area contributed by atoms with Crippen molar-refractivity contribution in [2.75, 3.05) is 5.73 Å². The van der Waals surface area contributed by atoms with Gasteiger partial charge in [0.25, 0.3) is 0 Å². The highest BCUT2D eigenvalue weighted by molar-refractivity contribution is 6.07. The molecule has 0 aliphatic carbocycles. The minimum Gasteiger partial charge on any atom is -0.399 e. The molecular weight excluding hydrogens is 200 g/mol. The van der Waals surface area contributed by atoms with Crippen molar-refractivity contribution in [1.82, 2.24) is 14.6 Å². The van der Waals surface area contributed by atoms with Gasteiger partial charge in [-0.25, -0.2) is 4.68 Å². The Balaban J connectivity index is 2.26. The second-order valence-electron chi connectivity index (χ2n) is 4.11. The quantitative estimate of drug-likeness (QED) is 0.617. The molecule has 0 atom stereocenters. The molecule has 0 fully saturated rings. The Labute approximate surface area is 91.5 Å². The molecular formula is C12H10N4. The second-order valence-corrected chi connectivity index (χ2v) is 4.11. The summed E-state index contributed by atoms with van der Waals surface area (Å²) < 4.78 is 2.07. The summed E-state index contributed by atoms with van der Waals surface area (Å²) in [4.78, 5) is 1.95. The van der Waals surface area contributed by atoms with Gasteiger partial charge in [-0.15, -0.1) is 0 Å². The molecule has 3 aromatic rings. The maximum absolute atomic E-state index is 5.82. The number of rotatable bonds is 0. The smallest absolute Gasteiger partial charge is 0.119 e. The average molecular weight is 210 g/mol. The van der Waals surface area contributed by atoms with E-state index in [1.54, 1.807) is 0 Å². The van der Waals surface area contributed by atoms with Crippen molar-refractivity contribution in [3.63, 3.8) is 0 Å². The monoisotopic (exact) mass is 210 g/mol. The zero-order valence-corrected chi connectivity index (χ0v) is 8.59. The van der Waals surface area contributed by atoms with E-state index in [1.807, 2.05) is 23.1 Å². The van der Waals surface area contributed by atoms with Gasteiger partial charge in [0.05, 0.1) is 12.1 Å². The van der Waals surface area contributed by atoms with E-state index in [0.29, 0.717) is 0 Å². The zero-order chi connectivity index (χ0) is 10.7. The van der Waals surface area contributed by atoms with Crippen LogP contribution < -0.4 is 5.73 Å². The molecule has 0 amide bonds. The van der Waals surface area contributed by atoms with Crippen LogP contribution in [0.5, 0.6) is 0 Å². The van der Waals surface area contributed by atoms with Crippen molar-refractivity contribution in [2.24, 2.45) is 0 Å². The van der Waals surface area contributed by atoms with Crippen LogP contribution in [0.25, 0.3) is 28.0 Å². The largest absolute Gasteiger partial charge is 0.399 e. The second kappa shape index (κ2) is 2.47. The van der Waals surface area contributed by atoms with Crippen molar-refractivity contribution in [2.45, 2.75) is 6.54 Å². The minimum absolute atomic E-state index is 0.802. The van der Waals surface area contributed by atoms with Gasteiger partial charge in [-0.1, -0.05) is 6.07 Å². The number of fused-ring (bicyclic) bond motifs is 5. The topological polar surface area (TPSA) is 48.8 Å². The molecule has 0 saturated carbocycles. The summed E-state index contributed by atoms with van der Waals surface area (Å²) in [7, 11) is 0. The van der Waals surface area contributed by atoms with Gasteiger partial charge in [-0.3, -0.25) is 0 Å². The van der Waals surface area contributed by atoms with Crippen LogP contribution in [0.1, 0.15) is 0 Å². The van der Waals surface area contributed by atoms with Crippen LogP contribution in [0, 0.1) is 0 Å². The maximum Gasteiger partial charge on any atom is 0.119 e. The lowest BCUT2D eigenvalue weighted by Crippen LogP contribution is -2.01. The molecule has 2 heterocycles. The summed E-state index contributed by atoms with van der Waals surface area (Å²) in [6, 6.07) is 8.16. The Morgan fingerprint density at radius 3 is 3.12 bits per heavy atom. The van der Waals surface area contributed by atoms with E-state index in [4.69, 9.17) is 5.73 Å². The van der Waals surface area contributed by atoms with Crippen molar-refractivity contribution >= 4 is 33.7 Å². The van der Waals surface area contributed by atoms with Gasteiger partial charge in [0, 0.05) is 17.3 Å². The van der Waals surface area contributed by atoms with Gasteiger partial charge in [0.1, 0.15) is 5.52 Å². The third-order valence-corrected chi connectivity index (χ3v) is 3.09. The Morgan fingerprint density at radius 1 is 1.25 bits per heavy atom. The molecule has 0 saturated heterocycles. The minimum atomic E-state index is 0.802. The number of hydrogen-bond acceptors (Lipinski definition) is 2. The molecule has 1 aliphatic heterocycles. The van der Waals surface area contributed by atoms with E-state index >= 15 is 0 Å². The SMILES string of the molecule is Nc1cc2ccc3c(nn4n3C=CC4)c2c1. The zero-order valence-electron chi connectivity index (χ0n) is 8.59. The number of aromatic nitrogens is 3. The fraction of sp³-hybridized carbons (Fsp3) is 0.0833. The number of hydrogen-bond donors (Lipinski definition) is 1. The van der Waals surface area contributed by atoms with Gasteiger partial charge in [-0.2, -0.15) is 9.90 Å². The predicted molar refractivity (Wildman–Crippen MR) is 65.0 cm³/mol. The standard InChI is InChI=1S/C12H10N4/c13-9-6-8-2-3-11-12(10(8)7-9)14-16-5-1-4-15(11)16/h1-4,6-7H,5,13H2.